The van der Waals surface area contributed by atoms with Crippen LogP contribution in [0.2, 0.25) is 5.02 Å². The number of amides is 1. The summed E-state index contributed by atoms with van der Waals surface area (Å²) in [6, 6.07) is 26.8. The van der Waals surface area contributed by atoms with Gasteiger partial charge < -0.3 is 4.90 Å². The van der Waals surface area contributed by atoms with Crippen LogP contribution in [-0.4, -0.2) is 38.0 Å². The van der Waals surface area contributed by atoms with Crippen molar-refractivity contribution in [3.05, 3.63) is 120 Å². The van der Waals surface area contributed by atoms with Gasteiger partial charge in [-0.1, -0.05) is 77.5 Å². The quantitative estimate of drug-likeness (QED) is 0.312. The van der Waals surface area contributed by atoms with Crippen molar-refractivity contribution in [2.75, 3.05) is 4.90 Å². The molecule has 1 N–H and O–H groups in total. The molecule has 2 aromatic heterocycles. The number of fused-ring (bicyclic) bond motifs is 1. The molecule has 0 spiro atoms. The molecule has 0 radical (unpaired) electrons. The Morgan fingerprint density at radius 1 is 0.973 bits per heavy atom. The van der Waals surface area contributed by atoms with Crippen molar-refractivity contribution in [3.63, 3.8) is 0 Å². The van der Waals surface area contributed by atoms with Gasteiger partial charge in [-0.2, -0.15) is 0 Å². The number of benzene rings is 3. The van der Waals surface area contributed by atoms with Crippen molar-refractivity contribution in [3.8, 4) is 5.69 Å². The van der Waals surface area contributed by atoms with E-state index in [0.717, 1.165) is 33.5 Å². The summed E-state index contributed by atoms with van der Waals surface area (Å²) >= 11 is 6.12. The number of pyridine rings is 1. The molecular weight excluding hydrogens is 484 g/mol. The van der Waals surface area contributed by atoms with E-state index in [0.29, 0.717) is 11.6 Å². The summed E-state index contributed by atoms with van der Waals surface area (Å²) in [6.07, 6.45) is 7.72. The minimum atomic E-state index is -0.366. The topological polar surface area (TPSA) is 75.9 Å². The second kappa shape index (κ2) is 9.97. The summed E-state index contributed by atoms with van der Waals surface area (Å²) in [5.41, 5.74) is 4.34. The van der Waals surface area contributed by atoms with Crippen LogP contribution in [0.4, 0.5) is 5.69 Å². The van der Waals surface area contributed by atoms with Crippen molar-refractivity contribution < 1.29 is 4.79 Å². The van der Waals surface area contributed by atoms with E-state index in [1.165, 1.54) is 0 Å². The molecule has 1 aliphatic heterocycles. The lowest BCUT2D eigenvalue weighted by molar-refractivity contribution is -0.126. The first-order valence-corrected chi connectivity index (χ1v) is 12.4. The maximum absolute atomic E-state index is 13.2. The fourth-order valence-electron chi connectivity index (χ4n) is 4.59. The van der Waals surface area contributed by atoms with Crippen molar-refractivity contribution >= 4 is 40.2 Å². The second-order valence-corrected chi connectivity index (χ2v) is 9.25. The number of β-lactam (4-membered cyclic amide) rings is 1. The van der Waals surface area contributed by atoms with Crippen LogP contribution in [0.15, 0.2) is 103 Å². The molecule has 182 valence electrons. The smallest absolute Gasteiger partial charge is 0.247 e. The molecule has 1 fully saturated rings. The van der Waals surface area contributed by atoms with Crippen molar-refractivity contribution in [1.29, 1.82) is 0 Å². The average Bonchev–Trinajstić information content (AvgIpc) is 3.40. The summed E-state index contributed by atoms with van der Waals surface area (Å²) in [6.45, 7) is 0.406. The molecule has 37 heavy (non-hydrogen) atoms. The van der Waals surface area contributed by atoms with Gasteiger partial charge in [0.05, 0.1) is 29.1 Å². The highest BCUT2D eigenvalue weighted by molar-refractivity contribution is 6.31. The fraction of sp³-hybridized carbons (Fsp3) is 0.103. The van der Waals surface area contributed by atoms with E-state index in [1.807, 2.05) is 96.0 Å². The van der Waals surface area contributed by atoms with E-state index in [1.54, 1.807) is 10.9 Å². The number of nitrogens with one attached hydrogen (secondary N) is 1. The van der Waals surface area contributed by atoms with Crippen LogP contribution in [0.1, 0.15) is 11.3 Å². The van der Waals surface area contributed by atoms with Gasteiger partial charge >= 0.3 is 0 Å². The van der Waals surface area contributed by atoms with Crippen LogP contribution in [0.25, 0.3) is 22.7 Å². The summed E-state index contributed by atoms with van der Waals surface area (Å²) in [5.74, 6) is 0.0262. The van der Waals surface area contributed by atoms with Crippen molar-refractivity contribution in [2.24, 2.45) is 0 Å². The lowest BCUT2D eigenvalue weighted by Gasteiger charge is -2.46. The summed E-state index contributed by atoms with van der Waals surface area (Å²) in [7, 11) is 0. The fourth-order valence-corrected chi connectivity index (χ4v) is 4.76. The molecule has 8 heteroatoms. The number of carbonyl (C=O) groups excluding carboxylic acids is 1. The molecular formula is C29H23ClN6O. The second-order valence-electron chi connectivity index (χ2n) is 8.81. The molecule has 1 aliphatic rings. The Kier molecular flexibility index (Phi) is 6.22. The van der Waals surface area contributed by atoms with Crippen LogP contribution in [-0.2, 0) is 11.3 Å². The van der Waals surface area contributed by atoms with Crippen LogP contribution in [0.5, 0.6) is 0 Å². The molecule has 0 bridgehead atoms. The van der Waals surface area contributed by atoms with E-state index in [4.69, 9.17) is 11.6 Å². The lowest BCUT2D eigenvalue weighted by Crippen LogP contribution is -2.69. The van der Waals surface area contributed by atoms with Crippen LogP contribution in [0.3, 0.4) is 0 Å². The SMILES string of the molecule is O=C1[C@@H](NCc2cn(-c3ccnc4cc(Cl)ccc34)nn2)[C@@H](/C=C/c2ccccc2)N1c1ccccc1. The average molecular weight is 507 g/mol. The van der Waals surface area contributed by atoms with Gasteiger partial charge in [-0.05, 0) is 42.0 Å². The molecule has 5 aromatic rings. The van der Waals surface area contributed by atoms with Crippen LogP contribution >= 0.6 is 11.6 Å². The van der Waals surface area contributed by atoms with Gasteiger partial charge in [0.1, 0.15) is 6.04 Å². The number of carbonyl (C=O) groups is 1. The summed E-state index contributed by atoms with van der Waals surface area (Å²) in [4.78, 5) is 19.4. The van der Waals surface area contributed by atoms with Crippen LogP contribution in [0, 0.1) is 0 Å². The van der Waals surface area contributed by atoms with E-state index in [9.17, 15) is 4.79 Å². The number of halogens is 1. The lowest BCUT2D eigenvalue weighted by atomic mass is 9.92. The van der Waals surface area contributed by atoms with E-state index >= 15 is 0 Å². The number of anilines is 1. The standard InChI is InChI=1S/C29H23ClN6O/c30-21-12-13-24-25(17-21)31-16-15-26(24)35-19-22(33-34-35)18-32-28-27(14-11-20-7-3-1-4-8-20)36(29(28)37)23-9-5-2-6-10-23/h1-17,19,27-28,32H,18H2/b14-11+/t27-,28+/m1/s1. The van der Waals surface area contributed by atoms with Gasteiger partial charge in [0.2, 0.25) is 5.91 Å². The van der Waals surface area contributed by atoms with Crippen LogP contribution < -0.4 is 10.2 Å². The highest BCUT2D eigenvalue weighted by Crippen LogP contribution is 2.30. The molecule has 7 nitrogen and oxygen atoms in total. The zero-order valence-electron chi connectivity index (χ0n) is 19.8. The maximum Gasteiger partial charge on any atom is 0.247 e. The van der Waals surface area contributed by atoms with Crippen molar-refractivity contribution in [2.45, 2.75) is 18.6 Å². The number of hydrogen-bond acceptors (Lipinski definition) is 5. The molecule has 3 heterocycles. The number of para-hydroxylation sites is 1. The summed E-state index contributed by atoms with van der Waals surface area (Å²) < 4.78 is 1.72. The van der Waals surface area contributed by atoms with E-state index < -0.39 is 0 Å². The molecule has 1 amide bonds. The first-order valence-electron chi connectivity index (χ1n) is 12.0. The number of aromatic nitrogens is 4. The molecule has 6 rings (SSSR count). The third-order valence-corrected chi connectivity index (χ3v) is 6.67. The highest BCUT2D eigenvalue weighted by atomic mass is 35.5. The number of nitrogens with zero attached hydrogens (tertiary/aromatic N) is 5. The highest BCUT2D eigenvalue weighted by Gasteiger charge is 2.46. The monoisotopic (exact) mass is 506 g/mol. The maximum atomic E-state index is 13.2. The van der Waals surface area contributed by atoms with Crippen molar-refractivity contribution in [1.82, 2.24) is 25.3 Å². The molecule has 3 aromatic carbocycles. The first-order chi connectivity index (χ1) is 18.2. The Bertz CT molecular complexity index is 1580. The Labute approximate surface area is 219 Å². The Morgan fingerprint density at radius 3 is 2.57 bits per heavy atom. The Balaban J connectivity index is 1.21. The number of hydrogen-bond donors (Lipinski definition) is 1. The van der Waals surface area contributed by atoms with Gasteiger partial charge in [0.25, 0.3) is 0 Å². The zero-order chi connectivity index (χ0) is 25.2. The van der Waals surface area contributed by atoms with E-state index in [2.05, 4.69) is 32.8 Å². The van der Waals surface area contributed by atoms with Gasteiger partial charge in [0.15, 0.2) is 0 Å². The predicted molar refractivity (Wildman–Crippen MR) is 145 cm³/mol. The van der Waals surface area contributed by atoms with E-state index in [-0.39, 0.29) is 18.0 Å². The molecule has 2 atom stereocenters. The Morgan fingerprint density at radius 2 is 1.76 bits per heavy atom. The van der Waals surface area contributed by atoms with Gasteiger partial charge in [-0.3, -0.25) is 15.1 Å². The predicted octanol–water partition coefficient (Wildman–Crippen LogP) is 5.06. The molecule has 0 aliphatic carbocycles. The molecule has 0 saturated carbocycles. The third kappa shape index (κ3) is 4.62. The minimum Gasteiger partial charge on any atom is -0.302 e. The molecule has 1 saturated heterocycles. The minimum absolute atomic E-state index is 0.0262. The zero-order valence-corrected chi connectivity index (χ0v) is 20.5. The van der Waals surface area contributed by atoms with Gasteiger partial charge in [0, 0.05) is 28.8 Å². The third-order valence-electron chi connectivity index (χ3n) is 6.44. The normalized spacial score (nSPS) is 17.4. The van der Waals surface area contributed by atoms with Gasteiger partial charge in [-0.25, -0.2) is 4.68 Å². The Hall–Kier alpha value is -4.33. The number of rotatable bonds is 7. The first kappa shape index (κ1) is 23.1. The largest absolute Gasteiger partial charge is 0.302 e. The molecule has 0 unspecified atom stereocenters. The van der Waals surface area contributed by atoms with Gasteiger partial charge in [-0.15, -0.1) is 5.10 Å². The summed E-state index contributed by atoms with van der Waals surface area (Å²) in [5, 5.41) is 13.6.